The van der Waals surface area contributed by atoms with Gasteiger partial charge in [0.2, 0.25) is 5.91 Å². The van der Waals surface area contributed by atoms with Crippen molar-refractivity contribution in [1.29, 1.82) is 0 Å². The summed E-state index contributed by atoms with van der Waals surface area (Å²) in [5, 5.41) is 10.9. The van der Waals surface area contributed by atoms with Crippen molar-refractivity contribution in [1.82, 2.24) is 14.8 Å². The highest BCUT2D eigenvalue weighted by Crippen LogP contribution is 2.26. The van der Waals surface area contributed by atoms with Gasteiger partial charge in [0.15, 0.2) is 0 Å². The van der Waals surface area contributed by atoms with Crippen molar-refractivity contribution in [3.05, 3.63) is 84.6 Å². The standard InChI is InChI=1S/C27H28N6O2/c1-32-26(30-27(34)17-20-5-3-2-4-6-20)19-24(31-32)21-11-12-28-25(18-21)29-22-7-9-23(10-8-22)33-13-15-35-16-14-33/h2-12,18-19H,13-17H2,1H3,(H,28,29)(H,30,34). The lowest BCUT2D eigenvalue weighted by Gasteiger charge is -2.28. The number of rotatable bonds is 7. The molecule has 4 aromatic rings. The molecule has 0 radical (unpaired) electrons. The van der Waals surface area contributed by atoms with Crippen molar-refractivity contribution in [3.63, 3.8) is 0 Å². The second kappa shape index (κ2) is 10.4. The number of hydrogen-bond donors (Lipinski definition) is 2. The Morgan fingerprint density at radius 1 is 1.00 bits per heavy atom. The van der Waals surface area contributed by atoms with Gasteiger partial charge in [-0.15, -0.1) is 0 Å². The van der Waals surface area contributed by atoms with Gasteiger partial charge in [-0.05, 0) is 42.0 Å². The molecule has 2 N–H and O–H groups in total. The van der Waals surface area contributed by atoms with E-state index in [9.17, 15) is 4.79 Å². The summed E-state index contributed by atoms with van der Waals surface area (Å²) >= 11 is 0. The Morgan fingerprint density at radius 2 is 1.77 bits per heavy atom. The number of nitrogens with zero attached hydrogens (tertiary/aromatic N) is 4. The lowest BCUT2D eigenvalue weighted by molar-refractivity contribution is -0.115. The smallest absolute Gasteiger partial charge is 0.229 e. The molecular formula is C27H28N6O2. The average Bonchev–Trinajstić information content (AvgIpc) is 3.25. The summed E-state index contributed by atoms with van der Waals surface area (Å²) < 4.78 is 7.11. The van der Waals surface area contributed by atoms with E-state index >= 15 is 0 Å². The fourth-order valence-electron chi connectivity index (χ4n) is 4.08. The largest absolute Gasteiger partial charge is 0.378 e. The first-order valence-corrected chi connectivity index (χ1v) is 11.7. The van der Waals surface area contributed by atoms with Crippen molar-refractivity contribution in [3.8, 4) is 11.3 Å². The summed E-state index contributed by atoms with van der Waals surface area (Å²) in [5.74, 6) is 1.29. The van der Waals surface area contributed by atoms with E-state index in [1.165, 1.54) is 5.69 Å². The molecular weight excluding hydrogens is 440 g/mol. The van der Waals surface area contributed by atoms with Gasteiger partial charge in [0.1, 0.15) is 11.6 Å². The van der Waals surface area contributed by atoms with E-state index in [4.69, 9.17) is 4.74 Å². The predicted molar refractivity (Wildman–Crippen MR) is 138 cm³/mol. The number of aromatic nitrogens is 3. The number of ether oxygens (including phenoxy) is 1. The second-order valence-electron chi connectivity index (χ2n) is 8.45. The molecule has 0 unspecified atom stereocenters. The molecule has 8 heteroatoms. The molecule has 2 aromatic heterocycles. The maximum Gasteiger partial charge on any atom is 0.229 e. The number of aryl methyl sites for hydroxylation is 1. The molecule has 1 saturated heterocycles. The van der Waals surface area contributed by atoms with Crippen LogP contribution in [0, 0.1) is 0 Å². The molecule has 0 bridgehead atoms. The summed E-state index contributed by atoms with van der Waals surface area (Å²) in [6.07, 6.45) is 2.07. The zero-order valence-electron chi connectivity index (χ0n) is 19.6. The van der Waals surface area contributed by atoms with Gasteiger partial charge in [-0.2, -0.15) is 5.10 Å². The van der Waals surface area contributed by atoms with Crippen molar-refractivity contribution < 1.29 is 9.53 Å². The van der Waals surface area contributed by atoms with Crippen molar-refractivity contribution in [2.24, 2.45) is 7.05 Å². The number of anilines is 4. The molecule has 1 aliphatic heterocycles. The van der Waals surface area contributed by atoms with Gasteiger partial charge in [-0.25, -0.2) is 4.98 Å². The molecule has 178 valence electrons. The van der Waals surface area contributed by atoms with Crippen LogP contribution in [0.25, 0.3) is 11.3 Å². The molecule has 5 rings (SSSR count). The van der Waals surface area contributed by atoms with Crippen LogP contribution >= 0.6 is 0 Å². The van der Waals surface area contributed by atoms with Crippen molar-refractivity contribution in [2.45, 2.75) is 6.42 Å². The van der Waals surface area contributed by atoms with Crippen LogP contribution < -0.4 is 15.5 Å². The summed E-state index contributed by atoms with van der Waals surface area (Å²) in [4.78, 5) is 19.3. The summed E-state index contributed by atoms with van der Waals surface area (Å²) in [6.45, 7) is 3.36. The minimum absolute atomic E-state index is 0.0802. The number of pyridine rings is 1. The number of benzene rings is 2. The third kappa shape index (κ3) is 5.67. The van der Waals surface area contributed by atoms with Gasteiger partial charge in [0.25, 0.3) is 0 Å². The number of carbonyl (C=O) groups excluding carboxylic acids is 1. The maximum absolute atomic E-state index is 12.5. The third-order valence-corrected chi connectivity index (χ3v) is 5.93. The van der Waals surface area contributed by atoms with Crippen LogP contribution in [0.2, 0.25) is 0 Å². The Morgan fingerprint density at radius 3 is 2.54 bits per heavy atom. The molecule has 1 amide bonds. The van der Waals surface area contributed by atoms with Gasteiger partial charge >= 0.3 is 0 Å². The number of nitrogens with one attached hydrogen (secondary N) is 2. The molecule has 0 saturated carbocycles. The maximum atomic E-state index is 12.5. The van der Waals surface area contributed by atoms with Gasteiger partial charge < -0.3 is 20.3 Å². The van der Waals surface area contributed by atoms with Crippen LogP contribution in [0.3, 0.4) is 0 Å². The Balaban J connectivity index is 1.25. The molecule has 3 heterocycles. The van der Waals surface area contributed by atoms with E-state index in [1.54, 1.807) is 10.9 Å². The number of carbonyl (C=O) groups is 1. The summed E-state index contributed by atoms with van der Waals surface area (Å²) in [6, 6.07) is 23.7. The third-order valence-electron chi connectivity index (χ3n) is 5.93. The van der Waals surface area contributed by atoms with Crippen LogP contribution in [0.5, 0.6) is 0 Å². The van der Waals surface area contributed by atoms with E-state index in [0.717, 1.165) is 54.6 Å². The van der Waals surface area contributed by atoms with E-state index in [2.05, 4.69) is 49.9 Å². The van der Waals surface area contributed by atoms with Crippen LogP contribution in [0.4, 0.5) is 23.0 Å². The van der Waals surface area contributed by atoms with E-state index in [0.29, 0.717) is 12.2 Å². The molecule has 35 heavy (non-hydrogen) atoms. The summed E-state index contributed by atoms with van der Waals surface area (Å²) in [7, 11) is 1.82. The Kier molecular flexibility index (Phi) is 6.72. The Hall–Kier alpha value is -4.17. The van der Waals surface area contributed by atoms with Gasteiger partial charge in [0.05, 0.1) is 25.3 Å². The molecule has 0 spiro atoms. The van der Waals surface area contributed by atoms with E-state index in [-0.39, 0.29) is 5.91 Å². The van der Waals surface area contributed by atoms with Crippen LogP contribution in [-0.2, 0) is 23.0 Å². The topological polar surface area (TPSA) is 84.3 Å². The highest BCUT2D eigenvalue weighted by atomic mass is 16.5. The zero-order valence-corrected chi connectivity index (χ0v) is 19.6. The van der Waals surface area contributed by atoms with E-state index < -0.39 is 0 Å². The number of morpholine rings is 1. The van der Waals surface area contributed by atoms with Gasteiger partial charge in [0, 0.05) is 49.3 Å². The molecule has 1 aliphatic rings. The van der Waals surface area contributed by atoms with Crippen molar-refractivity contribution >= 4 is 28.9 Å². The van der Waals surface area contributed by atoms with Gasteiger partial charge in [-0.3, -0.25) is 9.48 Å². The Labute approximate surface area is 204 Å². The van der Waals surface area contributed by atoms with Crippen LogP contribution in [0.15, 0.2) is 79.0 Å². The number of hydrogen-bond acceptors (Lipinski definition) is 6. The monoisotopic (exact) mass is 468 g/mol. The highest BCUT2D eigenvalue weighted by Gasteiger charge is 2.13. The quantitative estimate of drug-likeness (QED) is 0.422. The lowest BCUT2D eigenvalue weighted by atomic mass is 10.1. The fraction of sp³-hybridized carbons (Fsp3) is 0.222. The lowest BCUT2D eigenvalue weighted by Crippen LogP contribution is -2.36. The van der Waals surface area contributed by atoms with Crippen LogP contribution in [0.1, 0.15) is 5.56 Å². The minimum Gasteiger partial charge on any atom is -0.378 e. The first-order chi connectivity index (χ1) is 17.1. The first-order valence-electron chi connectivity index (χ1n) is 11.7. The molecule has 2 aromatic carbocycles. The molecule has 8 nitrogen and oxygen atoms in total. The average molecular weight is 469 g/mol. The van der Waals surface area contributed by atoms with Crippen LogP contribution in [-0.4, -0.2) is 47.0 Å². The normalized spacial score (nSPS) is 13.5. The predicted octanol–water partition coefficient (Wildman–Crippen LogP) is 4.24. The highest BCUT2D eigenvalue weighted by molar-refractivity contribution is 5.92. The van der Waals surface area contributed by atoms with E-state index in [1.807, 2.05) is 55.6 Å². The van der Waals surface area contributed by atoms with Gasteiger partial charge in [-0.1, -0.05) is 30.3 Å². The second-order valence-corrected chi connectivity index (χ2v) is 8.45. The minimum atomic E-state index is -0.0802. The zero-order chi connectivity index (χ0) is 24.0. The first kappa shape index (κ1) is 22.6. The number of amides is 1. The Bertz CT molecular complexity index is 1280. The molecule has 0 aliphatic carbocycles. The fourth-order valence-corrected chi connectivity index (χ4v) is 4.08. The summed E-state index contributed by atoms with van der Waals surface area (Å²) in [5.41, 5.74) is 4.79. The molecule has 0 atom stereocenters. The van der Waals surface area contributed by atoms with Crippen molar-refractivity contribution in [2.75, 3.05) is 41.8 Å². The molecule has 1 fully saturated rings. The SMILES string of the molecule is Cn1nc(-c2ccnc(Nc3ccc(N4CCOCC4)cc3)c2)cc1NC(=O)Cc1ccccc1.